The van der Waals surface area contributed by atoms with Gasteiger partial charge in [0.25, 0.3) is 15.7 Å². The van der Waals surface area contributed by atoms with E-state index in [2.05, 4.69) is 15.2 Å². The summed E-state index contributed by atoms with van der Waals surface area (Å²) in [6.07, 6.45) is 3.32. The number of carbonyl (C=O) groups is 1. The first kappa shape index (κ1) is 27.3. The highest BCUT2D eigenvalue weighted by Crippen LogP contribution is 2.51. The van der Waals surface area contributed by atoms with Crippen LogP contribution in [0, 0.1) is 23.0 Å². The Bertz CT molecular complexity index is 1970. The number of nitro benzene ring substituents is 1. The Labute approximate surface area is 239 Å². The van der Waals surface area contributed by atoms with Crippen molar-refractivity contribution >= 4 is 38.7 Å². The number of aromatic nitrogens is 5. The largest absolute Gasteiger partial charge is 0.511 e. The Morgan fingerprint density at radius 1 is 1.14 bits per heavy atom. The van der Waals surface area contributed by atoms with E-state index in [1.54, 1.807) is 34.7 Å². The molecule has 1 fully saturated rings. The van der Waals surface area contributed by atoms with Crippen molar-refractivity contribution in [1.82, 2.24) is 23.6 Å². The molecule has 1 aliphatic rings. The van der Waals surface area contributed by atoms with Crippen molar-refractivity contribution in [2.75, 3.05) is 0 Å². The standard InChI is InChI=1S/C28H26N6O7S/c1-3-17-12-18(21-14-19(34(37)38)6-9-24(21)41-28(35)36)13-22(17)26-31-30-25-15-29-27-23(33(25)26)10-11-32(27)42(39,40)20-7-4-16(2)5-8-20/h4-11,14-15,17-18,22H,3,12-13H2,1-2H3,(H,35,36)/t17-,18-,22+/m1/s1. The van der Waals surface area contributed by atoms with E-state index in [1.165, 1.54) is 30.6 Å². The summed E-state index contributed by atoms with van der Waals surface area (Å²) in [6, 6.07) is 12.2. The molecule has 0 saturated heterocycles. The maximum Gasteiger partial charge on any atom is 0.511 e. The number of hydrogen-bond acceptors (Lipinski definition) is 9. The number of rotatable bonds is 7. The van der Waals surface area contributed by atoms with E-state index in [-0.39, 0.29) is 39.7 Å². The van der Waals surface area contributed by atoms with Crippen molar-refractivity contribution in [3.63, 3.8) is 0 Å². The molecule has 1 N–H and O–H groups in total. The highest BCUT2D eigenvalue weighted by atomic mass is 32.2. The summed E-state index contributed by atoms with van der Waals surface area (Å²) in [5.41, 5.74) is 2.42. The van der Waals surface area contributed by atoms with E-state index in [4.69, 9.17) is 4.74 Å². The second-order valence-corrected chi connectivity index (χ2v) is 12.3. The summed E-state index contributed by atoms with van der Waals surface area (Å²) in [6.45, 7) is 3.91. The molecule has 13 nitrogen and oxygen atoms in total. The summed E-state index contributed by atoms with van der Waals surface area (Å²) >= 11 is 0. The molecule has 0 unspecified atom stereocenters. The van der Waals surface area contributed by atoms with Gasteiger partial charge < -0.3 is 9.84 Å². The molecule has 3 aromatic heterocycles. The average Bonchev–Trinajstić information content (AvgIpc) is 3.69. The molecule has 6 rings (SSSR count). The van der Waals surface area contributed by atoms with E-state index in [0.29, 0.717) is 35.4 Å². The monoisotopic (exact) mass is 590 g/mol. The number of nitrogens with zero attached hydrogens (tertiary/aromatic N) is 6. The van der Waals surface area contributed by atoms with Gasteiger partial charge in [0.05, 0.1) is 21.5 Å². The Hall–Kier alpha value is -4.85. The molecule has 0 radical (unpaired) electrons. The van der Waals surface area contributed by atoms with Crippen LogP contribution in [0.4, 0.5) is 10.5 Å². The van der Waals surface area contributed by atoms with Crippen molar-refractivity contribution in [2.24, 2.45) is 5.92 Å². The van der Waals surface area contributed by atoms with Crippen LogP contribution in [0.1, 0.15) is 55.0 Å². The van der Waals surface area contributed by atoms with Gasteiger partial charge in [-0.25, -0.2) is 22.2 Å². The second kappa shape index (κ2) is 10.2. The molecular weight excluding hydrogens is 564 g/mol. The van der Waals surface area contributed by atoms with Crippen LogP contribution in [0.25, 0.3) is 16.8 Å². The Morgan fingerprint density at radius 3 is 2.60 bits per heavy atom. The van der Waals surface area contributed by atoms with Gasteiger partial charge in [-0.3, -0.25) is 14.5 Å². The predicted octanol–water partition coefficient (Wildman–Crippen LogP) is 5.28. The molecule has 0 aliphatic heterocycles. The molecule has 0 spiro atoms. The smallest absolute Gasteiger partial charge is 0.449 e. The summed E-state index contributed by atoms with van der Waals surface area (Å²) in [7, 11) is -3.93. The van der Waals surface area contributed by atoms with Crippen molar-refractivity contribution in [3.8, 4) is 5.75 Å². The van der Waals surface area contributed by atoms with E-state index >= 15 is 0 Å². The molecule has 1 saturated carbocycles. The lowest BCUT2D eigenvalue weighted by Crippen LogP contribution is -2.13. The molecule has 0 bridgehead atoms. The molecule has 5 aromatic rings. The number of carboxylic acid groups (broad SMARTS) is 1. The van der Waals surface area contributed by atoms with Crippen LogP contribution in [-0.4, -0.2) is 48.2 Å². The van der Waals surface area contributed by atoms with Crippen LogP contribution in [0.5, 0.6) is 5.75 Å². The highest BCUT2D eigenvalue weighted by molar-refractivity contribution is 7.90. The SMILES string of the molecule is CC[C@@H]1C[C@@H](c2cc([N+](=O)[O-])ccc2OC(=O)O)C[C@@H]1c1nnc2cnc3c(ccn3S(=O)(=O)c3ccc(C)cc3)n12. The van der Waals surface area contributed by atoms with Gasteiger partial charge in [0.1, 0.15) is 11.6 Å². The first-order valence-electron chi connectivity index (χ1n) is 13.3. The van der Waals surface area contributed by atoms with Crippen LogP contribution < -0.4 is 4.74 Å². The van der Waals surface area contributed by atoms with Gasteiger partial charge in [-0.15, -0.1) is 10.2 Å². The Balaban J connectivity index is 1.43. The summed E-state index contributed by atoms with van der Waals surface area (Å²) in [4.78, 5) is 26.9. The number of benzene rings is 2. The highest BCUT2D eigenvalue weighted by Gasteiger charge is 2.39. The third-order valence-corrected chi connectivity index (χ3v) is 9.71. The lowest BCUT2D eigenvalue weighted by molar-refractivity contribution is -0.385. The molecule has 216 valence electrons. The molecule has 14 heteroatoms. The number of hydrogen-bond donors (Lipinski definition) is 1. The van der Waals surface area contributed by atoms with E-state index in [0.717, 1.165) is 16.0 Å². The fourth-order valence-electron chi connectivity index (χ4n) is 6.01. The fraction of sp³-hybridized carbons (Fsp3) is 0.286. The molecule has 3 heterocycles. The second-order valence-electron chi connectivity index (χ2n) is 10.4. The topological polar surface area (TPSA) is 172 Å². The van der Waals surface area contributed by atoms with E-state index in [1.807, 2.05) is 13.8 Å². The van der Waals surface area contributed by atoms with Crippen LogP contribution in [0.2, 0.25) is 0 Å². The zero-order valence-electron chi connectivity index (χ0n) is 22.6. The minimum atomic E-state index is -3.93. The summed E-state index contributed by atoms with van der Waals surface area (Å²) in [5.74, 6) is 0.356. The molecule has 3 atom stereocenters. The fourth-order valence-corrected chi connectivity index (χ4v) is 7.31. The molecule has 2 aromatic carbocycles. The van der Waals surface area contributed by atoms with Crippen molar-refractivity contribution in [1.29, 1.82) is 0 Å². The van der Waals surface area contributed by atoms with Crippen LogP contribution in [-0.2, 0) is 10.0 Å². The maximum absolute atomic E-state index is 13.5. The minimum Gasteiger partial charge on any atom is -0.449 e. The van der Waals surface area contributed by atoms with Gasteiger partial charge in [0.2, 0.25) is 0 Å². The van der Waals surface area contributed by atoms with Gasteiger partial charge in [-0.1, -0.05) is 31.0 Å². The van der Waals surface area contributed by atoms with E-state index in [9.17, 15) is 28.4 Å². The number of aryl methyl sites for hydroxylation is 1. The van der Waals surface area contributed by atoms with Crippen molar-refractivity contribution in [3.05, 3.63) is 88.0 Å². The number of non-ortho nitro benzene ring substituents is 1. The lowest BCUT2D eigenvalue weighted by Gasteiger charge is -2.16. The summed E-state index contributed by atoms with van der Waals surface area (Å²) < 4.78 is 34.9. The van der Waals surface area contributed by atoms with E-state index < -0.39 is 21.1 Å². The molecule has 0 amide bonds. The Kier molecular flexibility index (Phi) is 6.64. The van der Waals surface area contributed by atoms with Gasteiger partial charge in [-0.05, 0) is 55.9 Å². The lowest BCUT2D eigenvalue weighted by atomic mass is 9.93. The maximum atomic E-state index is 13.5. The third-order valence-electron chi connectivity index (χ3n) is 8.03. The van der Waals surface area contributed by atoms with Gasteiger partial charge in [0, 0.05) is 29.8 Å². The number of nitro groups is 1. The molecule has 42 heavy (non-hydrogen) atoms. The minimum absolute atomic E-state index is 0.0599. The third kappa shape index (κ3) is 4.53. The van der Waals surface area contributed by atoms with Gasteiger partial charge in [0.15, 0.2) is 11.3 Å². The first-order valence-corrected chi connectivity index (χ1v) is 14.7. The average molecular weight is 591 g/mol. The summed E-state index contributed by atoms with van der Waals surface area (Å²) in [5, 5.41) is 29.5. The zero-order valence-corrected chi connectivity index (χ0v) is 23.4. The number of ether oxygens (including phenoxy) is 1. The van der Waals surface area contributed by atoms with Crippen LogP contribution in [0.3, 0.4) is 0 Å². The Morgan fingerprint density at radius 2 is 1.90 bits per heavy atom. The predicted molar refractivity (Wildman–Crippen MR) is 150 cm³/mol. The number of fused-ring (bicyclic) bond motifs is 3. The normalized spacial score (nSPS) is 19.0. The molecular formula is C28H26N6O7S. The molecule has 1 aliphatic carbocycles. The van der Waals surface area contributed by atoms with Crippen molar-refractivity contribution in [2.45, 2.75) is 49.8 Å². The van der Waals surface area contributed by atoms with Crippen molar-refractivity contribution < 1.29 is 28.0 Å². The van der Waals surface area contributed by atoms with Crippen LogP contribution in [0.15, 0.2) is 65.8 Å². The zero-order chi connectivity index (χ0) is 29.8. The quantitative estimate of drug-likeness (QED) is 0.114. The van der Waals surface area contributed by atoms with Crippen LogP contribution >= 0.6 is 0 Å². The van der Waals surface area contributed by atoms with Gasteiger partial charge >= 0.3 is 6.16 Å². The first-order chi connectivity index (χ1) is 20.1. The van der Waals surface area contributed by atoms with Gasteiger partial charge in [-0.2, -0.15) is 0 Å².